The van der Waals surface area contributed by atoms with Gasteiger partial charge in [-0.2, -0.15) is 4.31 Å². The average molecular weight is 331 g/mol. The minimum atomic E-state index is -3.52. The van der Waals surface area contributed by atoms with Crippen molar-refractivity contribution in [2.45, 2.75) is 43.5 Å². The molecule has 1 aromatic rings. The molecular formula is C15H23ClN2O2S. The fraction of sp³-hybridized carbons (Fsp3) is 0.600. The van der Waals surface area contributed by atoms with E-state index < -0.39 is 10.0 Å². The van der Waals surface area contributed by atoms with Gasteiger partial charge in [0.15, 0.2) is 0 Å². The largest absolute Gasteiger partial charge is 0.318 e. The van der Waals surface area contributed by atoms with Gasteiger partial charge in [-0.15, -0.1) is 0 Å². The maximum atomic E-state index is 12.9. The Morgan fingerprint density at radius 2 is 2.19 bits per heavy atom. The summed E-state index contributed by atoms with van der Waals surface area (Å²) in [4.78, 5) is 0.248. The number of hydrogen-bond donors (Lipinski definition) is 1. The third-order valence-electron chi connectivity index (χ3n) is 3.88. The predicted molar refractivity (Wildman–Crippen MR) is 86.3 cm³/mol. The molecule has 6 heteroatoms. The number of benzene rings is 1. The summed E-state index contributed by atoms with van der Waals surface area (Å²) in [5, 5.41) is 3.38. The molecule has 1 unspecified atom stereocenters. The molecule has 0 radical (unpaired) electrons. The van der Waals surface area contributed by atoms with Crippen LogP contribution in [0.1, 0.15) is 31.7 Å². The third-order valence-corrected chi connectivity index (χ3v) is 6.32. The lowest BCUT2D eigenvalue weighted by atomic mass is 10.1. The van der Waals surface area contributed by atoms with Crippen LogP contribution < -0.4 is 5.32 Å². The lowest BCUT2D eigenvalue weighted by Crippen LogP contribution is -2.40. The average Bonchev–Trinajstić information content (AvgIpc) is 2.90. The first-order valence-corrected chi connectivity index (χ1v) is 9.27. The highest BCUT2D eigenvalue weighted by molar-refractivity contribution is 7.89. The van der Waals surface area contributed by atoms with Gasteiger partial charge in [0, 0.05) is 19.1 Å². The van der Waals surface area contributed by atoms with E-state index in [1.807, 2.05) is 13.1 Å². The van der Waals surface area contributed by atoms with Crippen LogP contribution in [0.15, 0.2) is 23.1 Å². The van der Waals surface area contributed by atoms with Gasteiger partial charge in [0.2, 0.25) is 10.0 Å². The van der Waals surface area contributed by atoms with Gasteiger partial charge in [0.25, 0.3) is 0 Å². The lowest BCUT2D eigenvalue weighted by molar-refractivity contribution is 0.379. The number of rotatable bonds is 6. The van der Waals surface area contributed by atoms with Crippen LogP contribution in [-0.4, -0.2) is 38.9 Å². The Labute approximate surface area is 132 Å². The van der Waals surface area contributed by atoms with Crippen molar-refractivity contribution in [1.29, 1.82) is 0 Å². The molecule has 2 rings (SSSR count). The molecule has 1 aliphatic rings. The van der Waals surface area contributed by atoms with E-state index >= 15 is 0 Å². The molecule has 1 heterocycles. The van der Waals surface area contributed by atoms with E-state index in [2.05, 4.69) is 12.2 Å². The molecule has 1 aliphatic heterocycles. The molecule has 0 aliphatic carbocycles. The van der Waals surface area contributed by atoms with Crippen LogP contribution in [0.5, 0.6) is 0 Å². The molecule has 118 valence electrons. The maximum absolute atomic E-state index is 12.9. The SMILES string of the molecule is CCCc1ccc(Cl)c(S(=O)(=O)N2CCCC2CNC)c1. The molecule has 0 bridgehead atoms. The molecule has 1 saturated heterocycles. The maximum Gasteiger partial charge on any atom is 0.244 e. The van der Waals surface area contributed by atoms with Gasteiger partial charge in [-0.05, 0) is 44.0 Å². The van der Waals surface area contributed by atoms with E-state index in [1.54, 1.807) is 16.4 Å². The molecule has 1 N–H and O–H groups in total. The number of hydrogen-bond acceptors (Lipinski definition) is 3. The highest BCUT2D eigenvalue weighted by atomic mass is 35.5. The van der Waals surface area contributed by atoms with Crippen molar-refractivity contribution in [2.24, 2.45) is 0 Å². The monoisotopic (exact) mass is 330 g/mol. The fourth-order valence-electron chi connectivity index (χ4n) is 2.88. The van der Waals surface area contributed by atoms with Crippen molar-refractivity contribution < 1.29 is 8.42 Å². The molecule has 1 aromatic carbocycles. The van der Waals surface area contributed by atoms with Crippen molar-refractivity contribution in [3.8, 4) is 0 Å². The zero-order valence-corrected chi connectivity index (χ0v) is 14.2. The van der Waals surface area contributed by atoms with E-state index in [4.69, 9.17) is 11.6 Å². The van der Waals surface area contributed by atoms with Crippen LogP contribution >= 0.6 is 11.6 Å². The molecule has 0 amide bonds. The number of halogens is 1. The number of likely N-dealkylation sites (N-methyl/N-ethyl adjacent to an activating group) is 1. The van der Waals surface area contributed by atoms with E-state index in [0.717, 1.165) is 31.2 Å². The summed E-state index contributed by atoms with van der Waals surface area (Å²) in [7, 11) is -1.67. The van der Waals surface area contributed by atoms with Gasteiger partial charge >= 0.3 is 0 Å². The Morgan fingerprint density at radius 3 is 2.86 bits per heavy atom. The summed E-state index contributed by atoms with van der Waals surface area (Å²) < 4.78 is 27.4. The van der Waals surface area contributed by atoms with Crippen molar-refractivity contribution in [1.82, 2.24) is 9.62 Å². The van der Waals surface area contributed by atoms with E-state index in [9.17, 15) is 8.42 Å². The molecule has 21 heavy (non-hydrogen) atoms. The van der Waals surface area contributed by atoms with Crippen molar-refractivity contribution in [3.05, 3.63) is 28.8 Å². The van der Waals surface area contributed by atoms with Gasteiger partial charge in [0.1, 0.15) is 4.90 Å². The first-order valence-electron chi connectivity index (χ1n) is 7.45. The summed E-state index contributed by atoms with van der Waals surface area (Å²) >= 11 is 6.16. The van der Waals surface area contributed by atoms with Crippen LogP contribution in [-0.2, 0) is 16.4 Å². The first-order chi connectivity index (χ1) is 10.0. The number of nitrogens with one attached hydrogen (secondary N) is 1. The highest BCUT2D eigenvalue weighted by Gasteiger charge is 2.35. The minimum absolute atomic E-state index is 0.0193. The Kier molecular flexibility index (Phi) is 5.66. The minimum Gasteiger partial charge on any atom is -0.318 e. The lowest BCUT2D eigenvalue weighted by Gasteiger charge is -2.24. The van der Waals surface area contributed by atoms with Crippen LogP contribution in [0.3, 0.4) is 0 Å². The molecule has 0 aromatic heterocycles. The van der Waals surface area contributed by atoms with Crippen LogP contribution in [0, 0.1) is 0 Å². The molecule has 0 saturated carbocycles. The Hall–Kier alpha value is -0.620. The topological polar surface area (TPSA) is 49.4 Å². The Balaban J connectivity index is 2.36. The normalized spacial score (nSPS) is 20.0. The van der Waals surface area contributed by atoms with Gasteiger partial charge in [-0.1, -0.05) is 31.0 Å². The zero-order chi connectivity index (χ0) is 15.5. The van der Waals surface area contributed by atoms with Crippen molar-refractivity contribution in [2.75, 3.05) is 20.1 Å². The third kappa shape index (κ3) is 3.59. The Morgan fingerprint density at radius 1 is 1.43 bits per heavy atom. The second-order valence-corrected chi connectivity index (χ2v) is 7.75. The summed E-state index contributed by atoms with van der Waals surface area (Å²) in [5.74, 6) is 0. The summed E-state index contributed by atoms with van der Waals surface area (Å²) in [6.45, 7) is 3.32. The van der Waals surface area contributed by atoms with E-state index in [0.29, 0.717) is 18.1 Å². The standard InChI is InChI=1S/C15H23ClN2O2S/c1-3-5-12-7-8-14(16)15(10-12)21(19,20)18-9-4-6-13(18)11-17-2/h7-8,10,13,17H,3-6,9,11H2,1-2H3. The molecular weight excluding hydrogens is 308 g/mol. The molecule has 1 fully saturated rings. The summed E-state index contributed by atoms with van der Waals surface area (Å²) in [6.07, 6.45) is 3.64. The van der Waals surface area contributed by atoms with Crippen LogP contribution in [0.4, 0.5) is 0 Å². The van der Waals surface area contributed by atoms with Gasteiger partial charge in [0.05, 0.1) is 5.02 Å². The summed E-state index contributed by atoms with van der Waals surface area (Å²) in [5.41, 5.74) is 1.02. The van der Waals surface area contributed by atoms with E-state index in [1.165, 1.54) is 0 Å². The molecule has 4 nitrogen and oxygen atoms in total. The quantitative estimate of drug-likeness (QED) is 0.872. The second-order valence-electron chi connectivity index (χ2n) is 5.48. The highest BCUT2D eigenvalue weighted by Crippen LogP contribution is 2.31. The van der Waals surface area contributed by atoms with Crippen LogP contribution in [0.2, 0.25) is 5.02 Å². The predicted octanol–water partition coefficient (Wildman–Crippen LogP) is 2.67. The number of sulfonamides is 1. The summed E-state index contributed by atoms with van der Waals surface area (Å²) in [6, 6.07) is 5.35. The smallest absolute Gasteiger partial charge is 0.244 e. The van der Waals surface area contributed by atoms with Gasteiger partial charge in [-0.25, -0.2) is 8.42 Å². The van der Waals surface area contributed by atoms with Gasteiger partial charge < -0.3 is 5.32 Å². The number of nitrogens with zero attached hydrogens (tertiary/aromatic N) is 1. The van der Waals surface area contributed by atoms with Crippen molar-refractivity contribution >= 4 is 21.6 Å². The second kappa shape index (κ2) is 7.09. The zero-order valence-electron chi connectivity index (χ0n) is 12.6. The van der Waals surface area contributed by atoms with Crippen LogP contribution in [0.25, 0.3) is 0 Å². The Bertz CT molecular complexity index is 589. The number of aryl methyl sites for hydroxylation is 1. The molecule has 1 atom stereocenters. The van der Waals surface area contributed by atoms with Gasteiger partial charge in [-0.3, -0.25) is 0 Å². The molecule has 0 spiro atoms. The first kappa shape index (κ1) is 16.7. The van der Waals surface area contributed by atoms with E-state index in [-0.39, 0.29) is 10.9 Å². The fourth-order valence-corrected chi connectivity index (χ4v) is 5.10. The van der Waals surface area contributed by atoms with Crippen molar-refractivity contribution in [3.63, 3.8) is 0 Å².